The summed E-state index contributed by atoms with van der Waals surface area (Å²) in [6, 6.07) is 0.267. The monoisotopic (exact) mass is 197 g/mol. The van der Waals surface area contributed by atoms with Crippen LogP contribution in [0.15, 0.2) is 5.10 Å². The van der Waals surface area contributed by atoms with Crippen molar-refractivity contribution in [2.24, 2.45) is 11.0 Å². The Morgan fingerprint density at radius 3 is 3.36 bits per heavy atom. The molecule has 2 aliphatic rings. The number of hydrogen-bond donors (Lipinski definition) is 2. The van der Waals surface area contributed by atoms with E-state index >= 15 is 0 Å². The third-order valence-electron chi connectivity index (χ3n) is 2.67. The zero-order valence-corrected chi connectivity index (χ0v) is 8.25. The molecule has 1 saturated heterocycles. The molecule has 0 radical (unpaired) electrons. The van der Waals surface area contributed by atoms with Crippen molar-refractivity contribution in [2.75, 3.05) is 19.7 Å². The van der Waals surface area contributed by atoms with Crippen molar-refractivity contribution >= 4 is 11.7 Å². The van der Waals surface area contributed by atoms with Gasteiger partial charge in [0.2, 0.25) is 0 Å². The smallest absolute Gasteiger partial charge is 0.354 e. The molecular weight excluding hydrogens is 182 g/mol. The molecule has 0 aromatic carbocycles. The molecule has 0 spiro atoms. The number of hydrogen-bond acceptors (Lipinski definition) is 5. The summed E-state index contributed by atoms with van der Waals surface area (Å²) in [5.41, 5.74) is 3.54. The van der Waals surface area contributed by atoms with Crippen LogP contribution in [-0.4, -0.2) is 37.4 Å². The fraction of sp³-hybridized carbons (Fsp3) is 0.778. The number of esters is 1. The normalized spacial score (nSPS) is 30.2. The first-order chi connectivity index (χ1) is 6.83. The highest BCUT2D eigenvalue weighted by Crippen LogP contribution is 2.20. The molecule has 0 aromatic rings. The number of carbonyl (C=O) groups excluding carboxylic acids is 1. The fourth-order valence-corrected chi connectivity index (χ4v) is 1.96. The van der Waals surface area contributed by atoms with E-state index in [1.54, 1.807) is 6.92 Å². The number of carbonyl (C=O) groups is 1. The third-order valence-corrected chi connectivity index (χ3v) is 2.67. The van der Waals surface area contributed by atoms with Crippen LogP contribution in [0.5, 0.6) is 0 Å². The summed E-state index contributed by atoms with van der Waals surface area (Å²) in [5, 5.41) is 7.31. The predicted octanol–water partition coefficient (Wildman–Crippen LogP) is -0.513. The van der Waals surface area contributed by atoms with Crippen LogP contribution in [0, 0.1) is 5.92 Å². The molecule has 2 atom stereocenters. The van der Waals surface area contributed by atoms with Crippen LogP contribution in [0.4, 0.5) is 0 Å². The van der Waals surface area contributed by atoms with Gasteiger partial charge in [0.15, 0.2) is 5.71 Å². The summed E-state index contributed by atoms with van der Waals surface area (Å²) >= 11 is 0. The van der Waals surface area contributed by atoms with Gasteiger partial charge in [0.1, 0.15) is 0 Å². The largest absolute Gasteiger partial charge is 0.461 e. The Bertz CT molecular complexity index is 265. The maximum absolute atomic E-state index is 11.5. The number of fused-ring (bicyclic) bond motifs is 1. The Balaban J connectivity index is 2.02. The number of nitrogens with zero attached hydrogens (tertiary/aromatic N) is 1. The Morgan fingerprint density at radius 2 is 2.57 bits per heavy atom. The molecule has 14 heavy (non-hydrogen) atoms. The first kappa shape index (κ1) is 9.45. The zero-order valence-electron chi connectivity index (χ0n) is 8.25. The van der Waals surface area contributed by atoms with Crippen molar-refractivity contribution in [1.82, 2.24) is 10.7 Å². The molecule has 2 rings (SSSR count). The Hall–Kier alpha value is -1.10. The summed E-state index contributed by atoms with van der Waals surface area (Å²) in [6.07, 6.45) is 0.954. The predicted molar refractivity (Wildman–Crippen MR) is 52.0 cm³/mol. The first-order valence-corrected chi connectivity index (χ1v) is 5.04. The van der Waals surface area contributed by atoms with Gasteiger partial charge in [0, 0.05) is 12.5 Å². The molecule has 0 saturated carbocycles. The summed E-state index contributed by atoms with van der Waals surface area (Å²) in [5.74, 6) is -0.0373. The molecule has 78 valence electrons. The second-order valence-corrected chi connectivity index (χ2v) is 3.55. The van der Waals surface area contributed by atoms with Gasteiger partial charge in [-0.25, -0.2) is 4.79 Å². The zero-order chi connectivity index (χ0) is 9.97. The minimum absolute atomic E-state index is 0.232. The van der Waals surface area contributed by atoms with Crippen LogP contribution in [0.3, 0.4) is 0 Å². The van der Waals surface area contributed by atoms with Gasteiger partial charge < -0.3 is 15.5 Å². The standard InChI is InChI=1S/C9H15N3O2/c1-2-14-9(13)8-6-3-4-10-5-7(6)11-12-8/h6-7,10-11H,2-5H2,1H3. The van der Waals surface area contributed by atoms with Crippen molar-refractivity contribution in [2.45, 2.75) is 19.4 Å². The number of ether oxygens (including phenoxy) is 1. The van der Waals surface area contributed by atoms with Crippen molar-refractivity contribution in [3.8, 4) is 0 Å². The summed E-state index contributed by atoms with van der Waals surface area (Å²) < 4.78 is 4.94. The lowest BCUT2D eigenvalue weighted by Crippen LogP contribution is -2.46. The SMILES string of the molecule is CCOC(=O)C1=NNC2CNCCC12. The van der Waals surface area contributed by atoms with E-state index in [9.17, 15) is 4.79 Å². The van der Waals surface area contributed by atoms with Gasteiger partial charge in [-0.1, -0.05) is 0 Å². The van der Waals surface area contributed by atoms with E-state index in [0.29, 0.717) is 12.3 Å². The second-order valence-electron chi connectivity index (χ2n) is 3.55. The van der Waals surface area contributed by atoms with Crippen LogP contribution in [0.1, 0.15) is 13.3 Å². The molecule has 1 fully saturated rings. The van der Waals surface area contributed by atoms with Gasteiger partial charge in [-0.3, -0.25) is 0 Å². The molecule has 0 amide bonds. The third kappa shape index (κ3) is 1.59. The lowest BCUT2D eigenvalue weighted by Gasteiger charge is -2.25. The Morgan fingerprint density at radius 1 is 1.71 bits per heavy atom. The van der Waals surface area contributed by atoms with E-state index in [1.165, 1.54) is 0 Å². The van der Waals surface area contributed by atoms with Gasteiger partial charge in [-0.15, -0.1) is 0 Å². The van der Waals surface area contributed by atoms with E-state index in [1.807, 2.05) is 0 Å². The van der Waals surface area contributed by atoms with Crippen LogP contribution < -0.4 is 10.7 Å². The van der Waals surface area contributed by atoms with Gasteiger partial charge in [-0.05, 0) is 19.9 Å². The second kappa shape index (κ2) is 3.96. The topological polar surface area (TPSA) is 62.7 Å². The quantitative estimate of drug-likeness (QED) is 0.585. The molecule has 5 heteroatoms. The summed E-state index contributed by atoms with van der Waals surface area (Å²) in [7, 11) is 0. The van der Waals surface area contributed by atoms with E-state index in [2.05, 4.69) is 15.8 Å². The van der Waals surface area contributed by atoms with E-state index in [-0.39, 0.29) is 17.9 Å². The molecule has 2 N–H and O–H groups in total. The average Bonchev–Trinajstić information content (AvgIpc) is 2.61. The maximum Gasteiger partial charge on any atom is 0.354 e. The van der Waals surface area contributed by atoms with Gasteiger partial charge in [0.05, 0.1) is 12.6 Å². The molecule has 5 nitrogen and oxygen atoms in total. The van der Waals surface area contributed by atoms with Crippen LogP contribution in [-0.2, 0) is 9.53 Å². The minimum atomic E-state index is -0.269. The summed E-state index contributed by atoms with van der Waals surface area (Å²) in [4.78, 5) is 11.5. The molecular formula is C9H15N3O2. The Labute approximate surface area is 82.9 Å². The highest BCUT2D eigenvalue weighted by Gasteiger charge is 2.37. The number of rotatable bonds is 2. The van der Waals surface area contributed by atoms with Gasteiger partial charge in [-0.2, -0.15) is 5.10 Å². The number of nitrogens with one attached hydrogen (secondary N) is 2. The lowest BCUT2D eigenvalue weighted by molar-refractivity contribution is -0.135. The van der Waals surface area contributed by atoms with Crippen molar-refractivity contribution in [1.29, 1.82) is 0 Å². The highest BCUT2D eigenvalue weighted by molar-refractivity contribution is 6.37. The molecule has 2 unspecified atom stereocenters. The van der Waals surface area contributed by atoms with Crippen LogP contribution >= 0.6 is 0 Å². The lowest BCUT2D eigenvalue weighted by atomic mass is 9.90. The van der Waals surface area contributed by atoms with Crippen LogP contribution in [0.25, 0.3) is 0 Å². The molecule has 0 aliphatic carbocycles. The van der Waals surface area contributed by atoms with Gasteiger partial charge in [0.25, 0.3) is 0 Å². The first-order valence-electron chi connectivity index (χ1n) is 5.04. The maximum atomic E-state index is 11.5. The Kier molecular flexibility index (Phi) is 2.67. The van der Waals surface area contributed by atoms with Crippen molar-refractivity contribution in [3.05, 3.63) is 0 Å². The highest BCUT2D eigenvalue weighted by atomic mass is 16.5. The van der Waals surface area contributed by atoms with Crippen molar-refractivity contribution in [3.63, 3.8) is 0 Å². The minimum Gasteiger partial charge on any atom is -0.461 e. The molecule has 0 aromatic heterocycles. The van der Waals surface area contributed by atoms with E-state index in [0.717, 1.165) is 19.5 Å². The molecule has 2 aliphatic heterocycles. The number of hydrazone groups is 1. The molecule has 0 bridgehead atoms. The van der Waals surface area contributed by atoms with E-state index < -0.39 is 0 Å². The molecule has 2 heterocycles. The van der Waals surface area contributed by atoms with Gasteiger partial charge >= 0.3 is 5.97 Å². The average molecular weight is 197 g/mol. The van der Waals surface area contributed by atoms with Crippen molar-refractivity contribution < 1.29 is 9.53 Å². The van der Waals surface area contributed by atoms with Crippen LogP contribution in [0.2, 0.25) is 0 Å². The fourth-order valence-electron chi connectivity index (χ4n) is 1.96. The van der Waals surface area contributed by atoms with E-state index in [4.69, 9.17) is 4.74 Å². The summed E-state index contributed by atoms with van der Waals surface area (Å²) in [6.45, 7) is 4.03. The number of piperidine rings is 1.